The predicted molar refractivity (Wildman–Crippen MR) is 109 cm³/mol. The largest absolute Gasteiger partial charge is 0.457 e. The van der Waals surface area contributed by atoms with E-state index in [1.54, 1.807) is 6.07 Å². The van der Waals surface area contributed by atoms with Gasteiger partial charge in [0.05, 0.1) is 16.5 Å². The van der Waals surface area contributed by atoms with E-state index in [1.807, 2.05) is 0 Å². The molecule has 3 amide bonds. The molecule has 156 valence electrons. The fraction of sp³-hybridized carbons (Fsp3) is 0.0476. The lowest BCUT2D eigenvalue weighted by molar-refractivity contribution is -0.384. The Kier molecular flexibility index (Phi) is 5.26. The van der Waals surface area contributed by atoms with Crippen molar-refractivity contribution in [1.29, 1.82) is 0 Å². The first-order valence-electron chi connectivity index (χ1n) is 8.95. The minimum atomic E-state index is -0.687. The number of urea groups is 1. The molecular formula is C21H13ClFN3O5. The van der Waals surface area contributed by atoms with Crippen LogP contribution in [0.3, 0.4) is 0 Å². The highest BCUT2D eigenvalue weighted by Gasteiger charge is 2.34. The lowest BCUT2D eigenvalue weighted by Gasteiger charge is -2.12. The Morgan fingerprint density at radius 1 is 1.16 bits per heavy atom. The van der Waals surface area contributed by atoms with Crippen LogP contribution in [-0.4, -0.2) is 21.8 Å². The summed E-state index contributed by atoms with van der Waals surface area (Å²) in [5.74, 6) is -0.695. The summed E-state index contributed by atoms with van der Waals surface area (Å²) >= 11 is 6.12. The Balaban J connectivity index is 1.58. The second-order valence-electron chi connectivity index (χ2n) is 6.59. The van der Waals surface area contributed by atoms with Gasteiger partial charge in [0.2, 0.25) is 0 Å². The molecule has 1 aromatic heterocycles. The van der Waals surface area contributed by atoms with Gasteiger partial charge in [0.15, 0.2) is 0 Å². The van der Waals surface area contributed by atoms with Crippen LogP contribution in [0.4, 0.5) is 14.9 Å². The average Bonchev–Trinajstić information content (AvgIpc) is 3.30. The molecule has 1 aliphatic rings. The molecule has 1 N–H and O–H groups in total. The lowest BCUT2D eigenvalue weighted by atomic mass is 10.1. The molecule has 2 aromatic carbocycles. The van der Waals surface area contributed by atoms with Gasteiger partial charge in [-0.2, -0.15) is 0 Å². The average molecular weight is 442 g/mol. The highest BCUT2D eigenvalue weighted by molar-refractivity contribution is 6.33. The molecule has 10 heteroatoms. The maximum atomic E-state index is 13.9. The Labute approximate surface area is 179 Å². The molecule has 8 nitrogen and oxygen atoms in total. The summed E-state index contributed by atoms with van der Waals surface area (Å²) in [5, 5.41) is 13.7. The quantitative estimate of drug-likeness (QED) is 0.266. The number of hydrogen-bond acceptors (Lipinski definition) is 5. The van der Waals surface area contributed by atoms with Crippen LogP contribution < -0.4 is 5.32 Å². The van der Waals surface area contributed by atoms with Gasteiger partial charge in [-0.1, -0.05) is 29.8 Å². The number of furan rings is 1. The number of imide groups is 1. The number of rotatable bonds is 5. The molecule has 0 saturated carbocycles. The van der Waals surface area contributed by atoms with Crippen LogP contribution in [0.25, 0.3) is 17.4 Å². The van der Waals surface area contributed by atoms with E-state index >= 15 is 0 Å². The van der Waals surface area contributed by atoms with E-state index in [9.17, 15) is 24.1 Å². The fourth-order valence-corrected chi connectivity index (χ4v) is 3.26. The van der Waals surface area contributed by atoms with E-state index < -0.39 is 22.7 Å². The number of nitro groups is 1. The summed E-state index contributed by atoms with van der Waals surface area (Å²) in [6.07, 6.45) is 1.32. The maximum absolute atomic E-state index is 13.9. The standard InChI is InChI=1S/C21H13ClFN3O5/c22-16-7-5-13(26(29)30)9-15(16)19-8-6-14(31-19)10-18-20(27)25(21(28)24-18)11-12-3-1-2-4-17(12)23/h1-10H,11H2,(H,24,28)/b18-10+. The minimum absolute atomic E-state index is 0.0487. The summed E-state index contributed by atoms with van der Waals surface area (Å²) in [4.78, 5) is 36.1. The number of halogens is 2. The first-order valence-corrected chi connectivity index (χ1v) is 9.33. The summed E-state index contributed by atoms with van der Waals surface area (Å²) in [6.45, 7) is -0.221. The zero-order chi connectivity index (χ0) is 22.1. The van der Waals surface area contributed by atoms with E-state index in [1.165, 1.54) is 54.6 Å². The number of benzene rings is 2. The molecule has 4 rings (SSSR count). The molecule has 0 radical (unpaired) electrons. The van der Waals surface area contributed by atoms with Gasteiger partial charge in [0, 0.05) is 29.3 Å². The molecule has 0 aliphatic carbocycles. The molecular weight excluding hydrogens is 429 g/mol. The second kappa shape index (κ2) is 8.04. The first-order chi connectivity index (χ1) is 14.8. The van der Waals surface area contributed by atoms with Gasteiger partial charge in [-0.3, -0.25) is 19.8 Å². The minimum Gasteiger partial charge on any atom is -0.457 e. The van der Waals surface area contributed by atoms with Crippen LogP contribution in [0.15, 0.2) is 64.7 Å². The molecule has 0 spiro atoms. The Hall–Kier alpha value is -3.98. The number of nitrogens with zero attached hydrogens (tertiary/aromatic N) is 2. The molecule has 1 saturated heterocycles. The molecule has 31 heavy (non-hydrogen) atoms. The third-order valence-electron chi connectivity index (χ3n) is 4.59. The van der Waals surface area contributed by atoms with Crippen molar-refractivity contribution >= 4 is 35.3 Å². The van der Waals surface area contributed by atoms with E-state index in [0.717, 1.165) is 4.90 Å². The monoisotopic (exact) mass is 441 g/mol. The van der Waals surface area contributed by atoms with Crippen molar-refractivity contribution in [2.45, 2.75) is 6.54 Å². The zero-order valence-corrected chi connectivity index (χ0v) is 16.4. The molecule has 2 heterocycles. The summed E-state index contributed by atoms with van der Waals surface area (Å²) in [5.41, 5.74) is 0.307. The summed E-state index contributed by atoms with van der Waals surface area (Å²) < 4.78 is 19.5. The van der Waals surface area contributed by atoms with Crippen molar-refractivity contribution in [3.8, 4) is 11.3 Å². The van der Waals surface area contributed by atoms with Crippen LogP contribution in [0.5, 0.6) is 0 Å². The van der Waals surface area contributed by atoms with Crippen LogP contribution in [0.1, 0.15) is 11.3 Å². The van der Waals surface area contributed by atoms with Crippen molar-refractivity contribution in [3.63, 3.8) is 0 Å². The van der Waals surface area contributed by atoms with Gasteiger partial charge < -0.3 is 9.73 Å². The van der Waals surface area contributed by atoms with Crippen molar-refractivity contribution in [3.05, 3.63) is 92.6 Å². The highest BCUT2D eigenvalue weighted by Crippen LogP contribution is 2.33. The van der Waals surface area contributed by atoms with E-state index in [2.05, 4.69) is 5.32 Å². The van der Waals surface area contributed by atoms with Gasteiger partial charge in [-0.05, 0) is 24.3 Å². The van der Waals surface area contributed by atoms with Crippen molar-refractivity contribution in [2.75, 3.05) is 0 Å². The van der Waals surface area contributed by atoms with Crippen molar-refractivity contribution in [1.82, 2.24) is 10.2 Å². The number of non-ortho nitro benzene ring substituents is 1. The smallest absolute Gasteiger partial charge is 0.329 e. The molecule has 0 unspecified atom stereocenters. The number of nitrogens with one attached hydrogen (secondary N) is 1. The third kappa shape index (κ3) is 4.03. The van der Waals surface area contributed by atoms with Crippen LogP contribution in [0.2, 0.25) is 5.02 Å². The number of amides is 3. The Morgan fingerprint density at radius 2 is 1.94 bits per heavy atom. The highest BCUT2D eigenvalue weighted by atomic mass is 35.5. The summed E-state index contributed by atoms with van der Waals surface area (Å²) in [6, 6.07) is 12.2. The number of hydrogen-bond donors (Lipinski definition) is 1. The second-order valence-corrected chi connectivity index (χ2v) is 7.00. The van der Waals surface area contributed by atoms with Crippen LogP contribution in [0, 0.1) is 15.9 Å². The zero-order valence-electron chi connectivity index (χ0n) is 15.7. The normalized spacial score (nSPS) is 14.9. The molecule has 1 fully saturated rings. The third-order valence-corrected chi connectivity index (χ3v) is 4.92. The molecule has 3 aromatic rings. The van der Waals surface area contributed by atoms with Gasteiger partial charge >= 0.3 is 6.03 Å². The summed E-state index contributed by atoms with van der Waals surface area (Å²) in [7, 11) is 0. The van der Waals surface area contributed by atoms with Crippen LogP contribution >= 0.6 is 11.6 Å². The topological polar surface area (TPSA) is 106 Å². The number of carbonyl (C=O) groups excluding carboxylic acids is 2. The Morgan fingerprint density at radius 3 is 2.68 bits per heavy atom. The van der Waals surface area contributed by atoms with Gasteiger partial charge in [0.1, 0.15) is 23.0 Å². The van der Waals surface area contributed by atoms with Gasteiger partial charge in [0.25, 0.3) is 11.6 Å². The SMILES string of the molecule is O=C1N/C(=C/c2ccc(-c3cc([N+](=O)[O-])ccc3Cl)o2)C(=O)N1Cc1ccccc1F. The van der Waals surface area contributed by atoms with E-state index in [-0.39, 0.29) is 40.0 Å². The molecule has 0 bridgehead atoms. The Bertz CT molecular complexity index is 1250. The van der Waals surface area contributed by atoms with Crippen LogP contribution in [-0.2, 0) is 11.3 Å². The van der Waals surface area contributed by atoms with E-state index in [4.69, 9.17) is 16.0 Å². The van der Waals surface area contributed by atoms with Gasteiger partial charge in [-0.15, -0.1) is 0 Å². The number of nitro benzene ring substituents is 1. The first kappa shape index (κ1) is 20.3. The number of carbonyl (C=O) groups is 2. The molecule has 1 aliphatic heterocycles. The fourth-order valence-electron chi connectivity index (χ4n) is 3.05. The predicted octanol–water partition coefficient (Wildman–Crippen LogP) is 4.74. The van der Waals surface area contributed by atoms with Crippen molar-refractivity contribution < 1.29 is 23.3 Å². The van der Waals surface area contributed by atoms with Gasteiger partial charge in [-0.25, -0.2) is 9.18 Å². The lowest BCUT2D eigenvalue weighted by Crippen LogP contribution is -2.30. The van der Waals surface area contributed by atoms with E-state index in [0.29, 0.717) is 5.56 Å². The molecule has 0 atom stereocenters. The maximum Gasteiger partial charge on any atom is 0.329 e. The van der Waals surface area contributed by atoms with Crippen molar-refractivity contribution in [2.24, 2.45) is 0 Å².